The second-order valence-electron chi connectivity index (χ2n) is 6.55. The number of rotatable bonds is 6. The lowest BCUT2D eigenvalue weighted by molar-refractivity contribution is 0.0730. The van der Waals surface area contributed by atoms with Gasteiger partial charge < -0.3 is 24.8 Å². The molecule has 2 amide bonds. The van der Waals surface area contributed by atoms with Gasteiger partial charge in [-0.1, -0.05) is 11.6 Å². The molecule has 172 valence electrons. The first kappa shape index (κ1) is 23.8. The maximum absolute atomic E-state index is 12.8. The van der Waals surface area contributed by atoms with E-state index in [2.05, 4.69) is 15.4 Å². The summed E-state index contributed by atoms with van der Waals surface area (Å²) in [4.78, 5) is 23.7. The summed E-state index contributed by atoms with van der Waals surface area (Å²) in [6.45, 7) is 3.01. The number of ether oxygens (including phenoxy) is 3. The fourth-order valence-corrected chi connectivity index (χ4v) is 4.43. The third kappa shape index (κ3) is 6.10. The third-order valence-corrected chi connectivity index (χ3v) is 6.59. The molecule has 0 bridgehead atoms. The van der Waals surface area contributed by atoms with Crippen LogP contribution in [0.25, 0.3) is 0 Å². The van der Waals surface area contributed by atoms with Crippen molar-refractivity contribution in [2.24, 2.45) is 0 Å². The van der Waals surface area contributed by atoms with E-state index in [9.17, 15) is 18.0 Å². The molecule has 0 spiro atoms. The van der Waals surface area contributed by atoms with Gasteiger partial charge in [0.05, 0.1) is 35.4 Å². The molecule has 2 N–H and O–H groups in total. The fraction of sp³-hybridized carbons (Fsp3) is 0.300. The van der Waals surface area contributed by atoms with Crippen molar-refractivity contribution < 1.29 is 32.2 Å². The van der Waals surface area contributed by atoms with Crippen LogP contribution in [-0.4, -0.2) is 57.8 Å². The quantitative estimate of drug-likeness (QED) is 0.475. The van der Waals surface area contributed by atoms with Crippen molar-refractivity contribution in [3.05, 3.63) is 47.5 Å². The summed E-state index contributed by atoms with van der Waals surface area (Å²) in [5, 5.41) is 5.31. The number of nitrogens with zero attached hydrogens (tertiary/aromatic N) is 1. The summed E-state index contributed by atoms with van der Waals surface area (Å²) in [6.07, 6.45) is -0.826. The van der Waals surface area contributed by atoms with Crippen molar-refractivity contribution in [1.29, 1.82) is 0 Å². The van der Waals surface area contributed by atoms with Crippen LogP contribution in [0, 0.1) is 0 Å². The highest BCUT2D eigenvalue weighted by atomic mass is 35.5. The van der Waals surface area contributed by atoms with Crippen molar-refractivity contribution >= 4 is 45.2 Å². The molecule has 32 heavy (non-hydrogen) atoms. The van der Waals surface area contributed by atoms with Gasteiger partial charge in [0.2, 0.25) is 10.0 Å². The number of hydrogen-bond donors (Lipinski definition) is 2. The number of hydrogen-bond acceptors (Lipinski definition) is 7. The van der Waals surface area contributed by atoms with Crippen molar-refractivity contribution in [1.82, 2.24) is 4.31 Å². The average molecular weight is 484 g/mol. The van der Waals surface area contributed by atoms with Crippen LogP contribution in [0.3, 0.4) is 0 Å². The zero-order chi connectivity index (χ0) is 23.1. The minimum atomic E-state index is -3.74. The van der Waals surface area contributed by atoms with Crippen LogP contribution in [0.15, 0.2) is 47.4 Å². The molecule has 0 atom stereocenters. The Labute approximate surface area is 190 Å². The molecule has 10 nitrogen and oxygen atoms in total. The number of urea groups is 1. The van der Waals surface area contributed by atoms with Crippen LogP contribution in [0.4, 0.5) is 21.0 Å². The molecule has 0 aliphatic carbocycles. The first-order valence-corrected chi connectivity index (χ1v) is 11.5. The monoisotopic (exact) mass is 483 g/mol. The van der Waals surface area contributed by atoms with E-state index in [0.717, 1.165) is 0 Å². The molecule has 12 heteroatoms. The molecule has 3 rings (SSSR count). The number of anilines is 2. The van der Waals surface area contributed by atoms with E-state index >= 15 is 0 Å². The lowest BCUT2D eigenvalue weighted by Gasteiger charge is -2.26. The topological polar surface area (TPSA) is 123 Å². The summed E-state index contributed by atoms with van der Waals surface area (Å²) in [5.74, 6) is 0.249. The Hall–Kier alpha value is -2.86. The average Bonchev–Trinajstić information content (AvgIpc) is 2.77. The molecule has 2 aromatic carbocycles. The molecular weight excluding hydrogens is 462 g/mol. The van der Waals surface area contributed by atoms with Gasteiger partial charge in [-0.3, -0.25) is 0 Å². The molecular formula is C20H22ClN3O7S. The van der Waals surface area contributed by atoms with Crippen molar-refractivity contribution in [2.45, 2.75) is 11.8 Å². The predicted octanol–water partition coefficient (Wildman–Crippen LogP) is 3.54. The SMILES string of the molecule is CCOC(=O)Oc1ccc(NC(=O)Nc2cc(S(=O)(=O)N3CCOCC3)ccc2Cl)cc1. The van der Waals surface area contributed by atoms with Crippen LogP contribution in [0.1, 0.15) is 6.92 Å². The van der Waals surface area contributed by atoms with Gasteiger partial charge in [-0.15, -0.1) is 0 Å². The minimum Gasteiger partial charge on any atom is -0.434 e. The van der Waals surface area contributed by atoms with Crippen LogP contribution in [-0.2, 0) is 19.5 Å². The van der Waals surface area contributed by atoms with Crippen LogP contribution in [0.5, 0.6) is 5.75 Å². The Morgan fingerprint density at radius 3 is 2.44 bits per heavy atom. The lowest BCUT2D eigenvalue weighted by Crippen LogP contribution is -2.40. The Bertz CT molecular complexity index is 1070. The Kier molecular flexibility index (Phi) is 7.91. The third-order valence-electron chi connectivity index (χ3n) is 4.37. The second-order valence-corrected chi connectivity index (χ2v) is 8.89. The maximum atomic E-state index is 12.8. The number of benzene rings is 2. The highest BCUT2D eigenvalue weighted by Gasteiger charge is 2.27. The highest BCUT2D eigenvalue weighted by Crippen LogP contribution is 2.27. The van der Waals surface area contributed by atoms with Gasteiger partial charge in [0.1, 0.15) is 5.75 Å². The van der Waals surface area contributed by atoms with E-state index in [1.54, 1.807) is 6.92 Å². The summed E-state index contributed by atoms with van der Waals surface area (Å²) >= 11 is 6.14. The van der Waals surface area contributed by atoms with Gasteiger partial charge in [0, 0.05) is 18.8 Å². The standard InChI is InChI=1S/C20H22ClN3O7S/c1-2-30-20(26)31-15-5-3-14(4-6-15)22-19(25)23-18-13-16(7-8-17(18)21)32(27,28)24-9-11-29-12-10-24/h3-8,13H,2,9-12H2,1H3,(H2,22,23,25). The summed E-state index contributed by atoms with van der Waals surface area (Å²) < 4.78 is 41.8. The number of morpholine rings is 1. The van der Waals surface area contributed by atoms with Gasteiger partial charge in [-0.05, 0) is 49.4 Å². The van der Waals surface area contributed by atoms with Crippen molar-refractivity contribution in [3.8, 4) is 5.75 Å². The van der Waals surface area contributed by atoms with E-state index in [4.69, 9.17) is 21.1 Å². The Morgan fingerprint density at radius 1 is 1.09 bits per heavy atom. The molecule has 0 unspecified atom stereocenters. The smallest absolute Gasteiger partial charge is 0.434 e. The number of carbonyl (C=O) groups excluding carboxylic acids is 2. The minimum absolute atomic E-state index is 0.0135. The summed E-state index contributed by atoms with van der Waals surface area (Å²) in [7, 11) is -3.74. The van der Waals surface area contributed by atoms with E-state index in [-0.39, 0.29) is 41.1 Å². The van der Waals surface area contributed by atoms with Crippen molar-refractivity contribution in [3.63, 3.8) is 0 Å². The zero-order valence-electron chi connectivity index (χ0n) is 17.2. The van der Waals surface area contributed by atoms with Crippen LogP contribution < -0.4 is 15.4 Å². The normalized spacial score (nSPS) is 14.4. The first-order chi connectivity index (χ1) is 15.3. The first-order valence-electron chi connectivity index (χ1n) is 9.69. The number of sulfonamides is 1. The largest absolute Gasteiger partial charge is 0.513 e. The van der Waals surface area contributed by atoms with Crippen molar-refractivity contribution in [2.75, 3.05) is 43.5 Å². The van der Waals surface area contributed by atoms with E-state index in [0.29, 0.717) is 18.9 Å². The summed E-state index contributed by atoms with van der Waals surface area (Å²) in [6, 6.07) is 9.48. The van der Waals surface area contributed by atoms with E-state index < -0.39 is 22.2 Å². The molecule has 0 radical (unpaired) electrons. The molecule has 1 fully saturated rings. The molecule has 1 saturated heterocycles. The molecule has 1 aliphatic heterocycles. The zero-order valence-corrected chi connectivity index (χ0v) is 18.7. The molecule has 0 saturated carbocycles. The second kappa shape index (κ2) is 10.6. The Morgan fingerprint density at radius 2 is 1.78 bits per heavy atom. The van der Waals surface area contributed by atoms with E-state index in [1.807, 2.05) is 0 Å². The van der Waals surface area contributed by atoms with Gasteiger partial charge in [-0.2, -0.15) is 4.31 Å². The maximum Gasteiger partial charge on any atom is 0.513 e. The lowest BCUT2D eigenvalue weighted by atomic mass is 10.3. The summed E-state index contributed by atoms with van der Waals surface area (Å²) in [5.41, 5.74) is 0.549. The number of carbonyl (C=O) groups is 2. The number of amides is 2. The van der Waals surface area contributed by atoms with Gasteiger partial charge in [0.25, 0.3) is 0 Å². The highest BCUT2D eigenvalue weighted by molar-refractivity contribution is 7.89. The van der Waals surface area contributed by atoms with Gasteiger partial charge in [-0.25, -0.2) is 18.0 Å². The van der Waals surface area contributed by atoms with E-state index in [1.165, 1.54) is 46.8 Å². The number of nitrogens with one attached hydrogen (secondary N) is 2. The van der Waals surface area contributed by atoms with Crippen LogP contribution in [0.2, 0.25) is 5.02 Å². The molecule has 0 aromatic heterocycles. The fourth-order valence-electron chi connectivity index (χ4n) is 2.83. The van der Waals surface area contributed by atoms with Crippen LogP contribution >= 0.6 is 11.6 Å². The molecule has 1 aliphatic rings. The van der Waals surface area contributed by atoms with Gasteiger partial charge in [0.15, 0.2) is 0 Å². The predicted molar refractivity (Wildman–Crippen MR) is 118 cm³/mol. The number of halogens is 1. The molecule has 1 heterocycles. The Balaban J connectivity index is 1.66. The molecule has 2 aromatic rings. The van der Waals surface area contributed by atoms with Gasteiger partial charge >= 0.3 is 12.2 Å².